The number of thioether (sulfide) groups is 1. The number of cyclic esters (lactones) is 1. The molecule has 0 N–H and O–H groups in total. The summed E-state index contributed by atoms with van der Waals surface area (Å²) in [6.07, 6.45) is 0.148. The second-order valence-electron chi connectivity index (χ2n) is 4.63. The van der Waals surface area contributed by atoms with Crippen molar-refractivity contribution in [2.45, 2.75) is 31.3 Å². The van der Waals surface area contributed by atoms with Gasteiger partial charge in [-0.05, 0) is 31.5 Å². The standard InChI is InChI=1S/C14H16FNO3S/c1-3-11-7-16(14(18)19-11)10-4-5-13(12(15)6-10)20-8-9(2)17/h4-6,11H,3,7-8H2,1-2H3/t11-/m0/s1. The minimum Gasteiger partial charge on any atom is -0.444 e. The van der Waals surface area contributed by atoms with E-state index in [1.807, 2.05) is 6.92 Å². The minimum atomic E-state index is -0.444. The molecule has 0 aromatic heterocycles. The molecule has 1 fully saturated rings. The van der Waals surface area contributed by atoms with E-state index in [1.54, 1.807) is 12.1 Å². The van der Waals surface area contributed by atoms with Gasteiger partial charge in [0.2, 0.25) is 0 Å². The number of amides is 1. The van der Waals surface area contributed by atoms with E-state index < -0.39 is 11.9 Å². The Hall–Kier alpha value is -1.56. The van der Waals surface area contributed by atoms with E-state index in [-0.39, 0.29) is 17.6 Å². The maximum Gasteiger partial charge on any atom is 0.414 e. The Labute approximate surface area is 121 Å². The molecule has 0 unspecified atom stereocenters. The van der Waals surface area contributed by atoms with Gasteiger partial charge in [0.25, 0.3) is 0 Å². The van der Waals surface area contributed by atoms with Crippen molar-refractivity contribution >= 4 is 29.3 Å². The predicted octanol–water partition coefficient (Wildman–Crippen LogP) is 3.24. The Morgan fingerprint density at radius 1 is 1.55 bits per heavy atom. The zero-order chi connectivity index (χ0) is 14.7. The molecular formula is C14H16FNO3S. The van der Waals surface area contributed by atoms with Crippen molar-refractivity contribution in [1.82, 2.24) is 0 Å². The minimum absolute atomic E-state index is 0.00705. The first-order valence-corrected chi connectivity index (χ1v) is 7.39. The molecule has 1 aliphatic heterocycles. The molecule has 1 aromatic rings. The average Bonchev–Trinajstić information content (AvgIpc) is 2.78. The van der Waals surface area contributed by atoms with Gasteiger partial charge in [0.15, 0.2) is 0 Å². The highest BCUT2D eigenvalue weighted by atomic mass is 32.2. The Bertz CT molecular complexity index is 535. The van der Waals surface area contributed by atoms with Crippen molar-refractivity contribution in [3.05, 3.63) is 24.0 Å². The van der Waals surface area contributed by atoms with E-state index in [0.717, 1.165) is 18.2 Å². The van der Waals surface area contributed by atoms with Crippen LogP contribution in [0, 0.1) is 5.82 Å². The fourth-order valence-electron chi connectivity index (χ4n) is 1.90. The number of benzene rings is 1. The monoisotopic (exact) mass is 297 g/mol. The largest absolute Gasteiger partial charge is 0.444 e. The summed E-state index contributed by atoms with van der Waals surface area (Å²) in [7, 11) is 0. The molecule has 6 heteroatoms. The number of anilines is 1. The highest BCUT2D eigenvalue weighted by Crippen LogP contribution is 2.28. The molecule has 0 aliphatic carbocycles. The highest BCUT2D eigenvalue weighted by molar-refractivity contribution is 8.00. The molecule has 0 bridgehead atoms. The molecule has 1 aromatic carbocycles. The zero-order valence-electron chi connectivity index (χ0n) is 11.4. The number of rotatable bonds is 5. The first-order chi connectivity index (χ1) is 9.51. The summed E-state index contributed by atoms with van der Waals surface area (Å²) in [6.45, 7) is 3.84. The molecule has 108 valence electrons. The van der Waals surface area contributed by atoms with E-state index in [1.165, 1.54) is 17.9 Å². The Kier molecular flexibility index (Phi) is 4.65. The molecule has 1 amide bonds. The van der Waals surface area contributed by atoms with Crippen molar-refractivity contribution < 1.29 is 18.7 Å². The van der Waals surface area contributed by atoms with E-state index in [2.05, 4.69) is 0 Å². The van der Waals surface area contributed by atoms with E-state index >= 15 is 0 Å². The summed E-state index contributed by atoms with van der Waals surface area (Å²) < 4.78 is 19.1. The van der Waals surface area contributed by atoms with Gasteiger partial charge in [-0.1, -0.05) is 6.92 Å². The van der Waals surface area contributed by atoms with Crippen molar-refractivity contribution in [2.75, 3.05) is 17.2 Å². The van der Waals surface area contributed by atoms with Crippen LogP contribution in [0.25, 0.3) is 0 Å². The molecule has 0 radical (unpaired) electrons. The summed E-state index contributed by atoms with van der Waals surface area (Å²) in [5, 5.41) is 0. The molecule has 1 heterocycles. The molecule has 0 spiro atoms. The van der Waals surface area contributed by atoms with Gasteiger partial charge in [-0.2, -0.15) is 0 Å². The van der Waals surface area contributed by atoms with Crippen LogP contribution in [0.15, 0.2) is 23.1 Å². The Morgan fingerprint density at radius 3 is 2.85 bits per heavy atom. The first kappa shape index (κ1) is 14.8. The lowest BCUT2D eigenvalue weighted by atomic mass is 10.2. The van der Waals surface area contributed by atoms with Crippen LogP contribution in [0.4, 0.5) is 14.9 Å². The zero-order valence-corrected chi connectivity index (χ0v) is 12.2. The number of hydrogen-bond acceptors (Lipinski definition) is 4. The van der Waals surface area contributed by atoms with Crippen LogP contribution in [-0.4, -0.2) is 30.3 Å². The van der Waals surface area contributed by atoms with Crippen LogP contribution < -0.4 is 4.90 Å². The molecule has 0 saturated carbocycles. The molecular weight excluding hydrogens is 281 g/mol. The topological polar surface area (TPSA) is 46.6 Å². The van der Waals surface area contributed by atoms with E-state index in [4.69, 9.17) is 4.74 Å². The molecule has 2 rings (SSSR count). The predicted molar refractivity (Wildman–Crippen MR) is 75.7 cm³/mol. The fourth-order valence-corrected chi connectivity index (χ4v) is 2.62. The van der Waals surface area contributed by atoms with Gasteiger partial charge in [-0.25, -0.2) is 9.18 Å². The van der Waals surface area contributed by atoms with Gasteiger partial charge >= 0.3 is 6.09 Å². The van der Waals surface area contributed by atoms with Crippen molar-refractivity contribution in [3.8, 4) is 0 Å². The number of halogens is 1. The number of ether oxygens (including phenoxy) is 1. The molecule has 20 heavy (non-hydrogen) atoms. The summed E-state index contributed by atoms with van der Waals surface area (Å²) in [4.78, 5) is 24.4. The summed E-state index contributed by atoms with van der Waals surface area (Å²) in [5.74, 6) is -0.200. The lowest BCUT2D eigenvalue weighted by Crippen LogP contribution is -2.24. The smallest absolute Gasteiger partial charge is 0.414 e. The average molecular weight is 297 g/mol. The van der Waals surface area contributed by atoms with E-state index in [9.17, 15) is 14.0 Å². The van der Waals surface area contributed by atoms with Crippen LogP contribution in [-0.2, 0) is 9.53 Å². The molecule has 1 aliphatic rings. The SMILES string of the molecule is CC[C@H]1CN(c2ccc(SCC(C)=O)c(F)c2)C(=O)O1. The second-order valence-corrected chi connectivity index (χ2v) is 5.65. The van der Waals surface area contributed by atoms with Crippen LogP contribution >= 0.6 is 11.8 Å². The van der Waals surface area contributed by atoms with Crippen molar-refractivity contribution in [2.24, 2.45) is 0 Å². The van der Waals surface area contributed by atoms with Gasteiger partial charge in [0.1, 0.15) is 17.7 Å². The number of nitrogens with zero attached hydrogens (tertiary/aromatic N) is 1. The number of hydrogen-bond donors (Lipinski definition) is 0. The van der Waals surface area contributed by atoms with Crippen LogP contribution in [0.2, 0.25) is 0 Å². The van der Waals surface area contributed by atoms with E-state index in [0.29, 0.717) is 17.1 Å². The quantitative estimate of drug-likeness (QED) is 0.783. The number of carbonyl (C=O) groups excluding carboxylic acids is 2. The number of ketones is 1. The van der Waals surface area contributed by atoms with Gasteiger partial charge in [0.05, 0.1) is 18.0 Å². The third-order valence-corrected chi connectivity index (χ3v) is 4.18. The summed E-state index contributed by atoms with van der Waals surface area (Å²) >= 11 is 1.15. The fraction of sp³-hybridized carbons (Fsp3) is 0.429. The second kappa shape index (κ2) is 6.26. The molecule has 1 atom stereocenters. The highest BCUT2D eigenvalue weighted by Gasteiger charge is 2.31. The number of carbonyl (C=O) groups is 2. The lowest BCUT2D eigenvalue weighted by Gasteiger charge is -2.14. The normalized spacial score (nSPS) is 18.2. The summed E-state index contributed by atoms with van der Waals surface area (Å²) in [5.41, 5.74) is 0.482. The van der Waals surface area contributed by atoms with Gasteiger partial charge in [-0.15, -0.1) is 11.8 Å². The molecule has 1 saturated heterocycles. The maximum atomic E-state index is 13.9. The van der Waals surface area contributed by atoms with Crippen LogP contribution in [0.1, 0.15) is 20.3 Å². The van der Waals surface area contributed by atoms with Crippen LogP contribution in [0.3, 0.4) is 0 Å². The van der Waals surface area contributed by atoms with Gasteiger partial charge < -0.3 is 4.74 Å². The number of Topliss-reactive ketones (excluding diaryl/α,β-unsaturated/α-hetero) is 1. The molecule has 4 nitrogen and oxygen atoms in total. The lowest BCUT2D eigenvalue weighted by molar-refractivity contribution is -0.114. The van der Waals surface area contributed by atoms with Crippen LogP contribution in [0.5, 0.6) is 0 Å². The Morgan fingerprint density at radius 2 is 2.30 bits per heavy atom. The first-order valence-electron chi connectivity index (χ1n) is 6.41. The Balaban J connectivity index is 2.13. The van der Waals surface area contributed by atoms with Gasteiger partial charge in [-0.3, -0.25) is 9.69 Å². The third-order valence-electron chi connectivity index (χ3n) is 2.99. The third kappa shape index (κ3) is 3.30. The maximum absolute atomic E-state index is 13.9. The van der Waals surface area contributed by atoms with Crippen molar-refractivity contribution in [3.63, 3.8) is 0 Å². The van der Waals surface area contributed by atoms with Crippen molar-refractivity contribution in [1.29, 1.82) is 0 Å². The van der Waals surface area contributed by atoms with Gasteiger partial charge in [0, 0.05) is 4.90 Å². The summed E-state index contributed by atoms with van der Waals surface area (Å²) in [6, 6.07) is 4.57.